The molecule has 12 heteroatoms. The molecule has 42 heavy (non-hydrogen) atoms. The molecule has 0 atom stereocenters. The van der Waals surface area contributed by atoms with Crippen LogP contribution in [0.4, 0.5) is 26.3 Å². The third-order valence-corrected chi connectivity index (χ3v) is 5.78. The van der Waals surface area contributed by atoms with Crippen LogP contribution in [0.3, 0.4) is 0 Å². The number of halogens is 6. The summed E-state index contributed by atoms with van der Waals surface area (Å²) in [5, 5.41) is 36.8. The van der Waals surface area contributed by atoms with Crippen molar-refractivity contribution in [1.82, 2.24) is 0 Å². The first-order chi connectivity index (χ1) is 19.9. The van der Waals surface area contributed by atoms with Crippen LogP contribution in [0.5, 0.6) is 23.0 Å². The van der Waals surface area contributed by atoms with Gasteiger partial charge in [-0.05, 0) is 78.4 Å². The molecule has 4 aromatic rings. The van der Waals surface area contributed by atoms with Gasteiger partial charge in [0, 0.05) is 5.56 Å². The number of nitrogens with zero attached hydrogens (tertiary/aromatic N) is 4. The number of alkyl halides is 6. The second-order valence-corrected chi connectivity index (χ2v) is 8.52. The van der Waals surface area contributed by atoms with Gasteiger partial charge in [0.1, 0.15) is 47.3 Å². The summed E-state index contributed by atoms with van der Waals surface area (Å²) in [6.07, 6.45) is -10.2. The molecule has 0 fully saturated rings. The first-order valence-electron chi connectivity index (χ1n) is 11.5. The molecule has 0 aliphatic heterocycles. The van der Waals surface area contributed by atoms with Gasteiger partial charge in [0.25, 0.3) is 0 Å². The molecule has 0 saturated carbocycles. The smallest absolute Gasteiger partial charge is 0.416 e. The topological polar surface area (TPSA) is 114 Å². The van der Waals surface area contributed by atoms with Gasteiger partial charge in [-0.3, -0.25) is 0 Å². The first-order valence-corrected chi connectivity index (χ1v) is 11.5. The zero-order chi connectivity index (χ0) is 30.7. The molecule has 0 N–H and O–H groups in total. The van der Waals surface area contributed by atoms with Crippen LogP contribution in [-0.4, -0.2) is 0 Å². The van der Waals surface area contributed by atoms with Crippen molar-refractivity contribution in [2.45, 2.75) is 12.4 Å². The van der Waals surface area contributed by atoms with E-state index < -0.39 is 29.0 Å². The third kappa shape index (κ3) is 6.25. The Labute approximate surface area is 234 Å². The monoisotopic (exact) mass is 574 g/mol. The molecule has 0 heterocycles. The fourth-order valence-corrected chi connectivity index (χ4v) is 3.81. The van der Waals surface area contributed by atoms with Gasteiger partial charge in [-0.15, -0.1) is 0 Å². The Bertz CT molecular complexity index is 1840. The van der Waals surface area contributed by atoms with Crippen molar-refractivity contribution in [2.24, 2.45) is 0 Å². The number of ether oxygens (including phenoxy) is 2. The highest BCUT2D eigenvalue weighted by atomic mass is 19.4. The summed E-state index contributed by atoms with van der Waals surface area (Å²) in [6, 6.07) is 19.7. The van der Waals surface area contributed by atoms with Crippen molar-refractivity contribution in [3.05, 3.63) is 106 Å². The molecule has 0 amide bonds. The van der Waals surface area contributed by atoms with E-state index in [9.17, 15) is 36.9 Å². The number of rotatable bonds is 5. The highest BCUT2D eigenvalue weighted by molar-refractivity contribution is 5.74. The lowest BCUT2D eigenvalue weighted by Gasteiger charge is -2.18. The minimum atomic E-state index is -5.11. The first kappa shape index (κ1) is 29.0. The third-order valence-electron chi connectivity index (χ3n) is 5.78. The molecular formula is C30H12F6N4O2. The number of hydrogen-bond donors (Lipinski definition) is 0. The van der Waals surface area contributed by atoms with Gasteiger partial charge in [0.05, 0.1) is 33.4 Å². The Hall–Kier alpha value is -5.98. The van der Waals surface area contributed by atoms with Gasteiger partial charge in [-0.2, -0.15) is 47.4 Å². The molecule has 0 saturated heterocycles. The van der Waals surface area contributed by atoms with Crippen molar-refractivity contribution in [1.29, 1.82) is 21.0 Å². The van der Waals surface area contributed by atoms with Gasteiger partial charge in [-0.25, -0.2) is 0 Å². The Balaban J connectivity index is 1.89. The van der Waals surface area contributed by atoms with E-state index in [0.29, 0.717) is 12.1 Å². The van der Waals surface area contributed by atoms with Crippen LogP contribution in [0.25, 0.3) is 11.1 Å². The van der Waals surface area contributed by atoms with Crippen molar-refractivity contribution in [3.63, 3.8) is 0 Å². The van der Waals surface area contributed by atoms with Crippen LogP contribution in [0.2, 0.25) is 0 Å². The van der Waals surface area contributed by atoms with Crippen LogP contribution in [0.1, 0.15) is 33.4 Å². The van der Waals surface area contributed by atoms with Gasteiger partial charge >= 0.3 is 12.4 Å². The molecule has 0 unspecified atom stereocenters. The predicted octanol–water partition coefficient (Wildman–Crippen LogP) is 8.46. The minimum absolute atomic E-state index is 0.00956. The van der Waals surface area contributed by atoms with Crippen molar-refractivity contribution in [3.8, 4) is 58.4 Å². The summed E-state index contributed by atoms with van der Waals surface area (Å²) < 4.78 is 93.2. The molecule has 0 spiro atoms. The van der Waals surface area contributed by atoms with Crippen LogP contribution in [0, 0.1) is 45.3 Å². The van der Waals surface area contributed by atoms with E-state index >= 15 is 0 Å². The van der Waals surface area contributed by atoms with Gasteiger partial charge in [-0.1, -0.05) is 0 Å². The van der Waals surface area contributed by atoms with Crippen LogP contribution in [-0.2, 0) is 12.4 Å². The van der Waals surface area contributed by atoms with E-state index in [1.807, 2.05) is 18.2 Å². The van der Waals surface area contributed by atoms with E-state index in [4.69, 9.17) is 20.0 Å². The second-order valence-electron chi connectivity index (χ2n) is 8.52. The van der Waals surface area contributed by atoms with Crippen molar-refractivity contribution >= 4 is 0 Å². The van der Waals surface area contributed by atoms with E-state index in [2.05, 4.69) is 0 Å². The minimum Gasteiger partial charge on any atom is -0.457 e. The van der Waals surface area contributed by atoms with E-state index in [0.717, 1.165) is 6.07 Å². The van der Waals surface area contributed by atoms with Crippen LogP contribution in [0.15, 0.2) is 72.8 Å². The number of hydrogen-bond acceptors (Lipinski definition) is 6. The van der Waals surface area contributed by atoms with E-state index in [-0.39, 0.29) is 56.9 Å². The lowest BCUT2D eigenvalue weighted by Crippen LogP contribution is -2.11. The highest BCUT2D eigenvalue weighted by Crippen LogP contribution is 2.43. The lowest BCUT2D eigenvalue weighted by molar-refractivity contribution is -0.143. The van der Waals surface area contributed by atoms with Gasteiger partial charge in [0.15, 0.2) is 0 Å². The average molecular weight is 574 g/mol. The maximum atomic E-state index is 13.6. The SMILES string of the molecule is N#Cc1ccc(Oc2ccc(Oc3ccc(C#N)c(C#N)c3)c(-c3cc(C(F)(F)F)cc(C(F)(F)F)c3)c2)cc1C#N. The summed E-state index contributed by atoms with van der Waals surface area (Å²) in [7, 11) is 0. The molecule has 0 aromatic heterocycles. The van der Waals surface area contributed by atoms with E-state index in [1.54, 1.807) is 6.07 Å². The van der Waals surface area contributed by atoms with Gasteiger partial charge in [0.2, 0.25) is 0 Å². The molecule has 4 rings (SSSR count). The fourth-order valence-electron chi connectivity index (χ4n) is 3.81. The molecular weight excluding hydrogens is 562 g/mol. The summed E-state index contributed by atoms with van der Waals surface area (Å²) in [5.41, 5.74) is -3.84. The Morgan fingerprint density at radius 1 is 0.476 bits per heavy atom. The average Bonchev–Trinajstić information content (AvgIpc) is 2.96. The molecule has 0 bridgehead atoms. The lowest BCUT2D eigenvalue weighted by atomic mass is 9.98. The predicted molar refractivity (Wildman–Crippen MR) is 134 cm³/mol. The van der Waals surface area contributed by atoms with Crippen LogP contribution < -0.4 is 9.47 Å². The highest BCUT2D eigenvalue weighted by Gasteiger charge is 2.37. The zero-order valence-electron chi connectivity index (χ0n) is 20.8. The zero-order valence-corrected chi connectivity index (χ0v) is 20.8. The molecule has 4 aromatic carbocycles. The van der Waals surface area contributed by atoms with Crippen molar-refractivity contribution in [2.75, 3.05) is 0 Å². The number of nitriles is 4. The maximum absolute atomic E-state index is 13.6. The molecule has 0 aliphatic rings. The molecule has 0 radical (unpaired) electrons. The largest absolute Gasteiger partial charge is 0.457 e. The van der Waals surface area contributed by atoms with E-state index in [1.165, 1.54) is 48.5 Å². The maximum Gasteiger partial charge on any atom is 0.416 e. The fraction of sp³-hybridized carbons (Fsp3) is 0.0667. The molecule has 6 nitrogen and oxygen atoms in total. The Morgan fingerprint density at radius 3 is 1.36 bits per heavy atom. The summed E-state index contributed by atoms with van der Waals surface area (Å²) >= 11 is 0. The summed E-state index contributed by atoms with van der Waals surface area (Å²) in [4.78, 5) is 0. The second kappa shape index (κ2) is 11.3. The Kier molecular flexibility index (Phi) is 7.77. The normalized spacial score (nSPS) is 11.0. The quantitative estimate of drug-likeness (QED) is 0.221. The Morgan fingerprint density at radius 2 is 0.905 bits per heavy atom. The molecule has 0 aliphatic carbocycles. The summed E-state index contributed by atoms with van der Waals surface area (Å²) in [5.74, 6) is -0.194. The number of benzene rings is 4. The molecule has 206 valence electrons. The van der Waals surface area contributed by atoms with Crippen molar-refractivity contribution < 1.29 is 35.8 Å². The standard InChI is InChI=1S/C30H12F6N4O2/c31-29(32,33)22-7-19(8-23(11-22)30(34,35)36)27-12-26(41-24-3-1-17(13-37)20(9-24)15-39)5-6-28(27)42-25-4-2-18(14-38)21(10-25)16-40/h1-12H. The van der Waals surface area contributed by atoms with Gasteiger partial charge < -0.3 is 9.47 Å². The van der Waals surface area contributed by atoms with Crippen LogP contribution >= 0.6 is 0 Å². The summed E-state index contributed by atoms with van der Waals surface area (Å²) in [6.45, 7) is 0.